The van der Waals surface area contributed by atoms with Gasteiger partial charge in [0.25, 0.3) is 0 Å². The molecule has 0 bridgehead atoms. The van der Waals surface area contributed by atoms with Crippen molar-refractivity contribution in [1.29, 1.82) is 0 Å². The van der Waals surface area contributed by atoms with E-state index in [0.29, 0.717) is 0 Å². The van der Waals surface area contributed by atoms with Crippen molar-refractivity contribution in [3.05, 3.63) is 82.9 Å². The summed E-state index contributed by atoms with van der Waals surface area (Å²) in [6.45, 7) is 6.11. The Hall–Kier alpha value is -2.99. The zero-order chi connectivity index (χ0) is 17.6. The Morgan fingerprint density at radius 3 is 2.40 bits per heavy atom. The first kappa shape index (κ1) is 16.9. The van der Waals surface area contributed by atoms with E-state index in [9.17, 15) is 0 Å². The molecule has 3 aromatic rings. The molecule has 0 aliphatic heterocycles. The first-order valence-corrected chi connectivity index (χ1v) is 8.46. The normalized spacial score (nSPS) is 10.4. The van der Waals surface area contributed by atoms with Crippen LogP contribution in [0.5, 0.6) is 5.75 Å². The van der Waals surface area contributed by atoms with Crippen LogP contribution in [0.1, 0.15) is 41.9 Å². The van der Waals surface area contributed by atoms with Gasteiger partial charge in [-0.2, -0.15) is 0 Å². The molecule has 2 aromatic carbocycles. The molecule has 3 nitrogen and oxygen atoms in total. The van der Waals surface area contributed by atoms with Gasteiger partial charge in [0.2, 0.25) is 0 Å². The standard InChI is InChI=1S/C22H22N2O/c1-16(2)25-21-11-10-19(14-17(21)3)7-4-18-5-8-20(9-6-18)15-22-23-12-13-24-22/h5-6,8-14,16H,15H2,1-3H3,(H,23,24). The lowest BCUT2D eigenvalue weighted by Gasteiger charge is -2.12. The number of hydrogen-bond donors (Lipinski definition) is 1. The van der Waals surface area contributed by atoms with Crippen LogP contribution in [0.25, 0.3) is 0 Å². The van der Waals surface area contributed by atoms with Crippen molar-refractivity contribution in [3.63, 3.8) is 0 Å². The highest BCUT2D eigenvalue weighted by Crippen LogP contribution is 2.20. The fourth-order valence-electron chi connectivity index (χ4n) is 2.55. The highest BCUT2D eigenvalue weighted by molar-refractivity contribution is 5.47. The van der Waals surface area contributed by atoms with E-state index >= 15 is 0 Å². The van der Waals surface area contributed by atoms with Gasteiger partial charge in [-0.1, -0.05) is 24.0 Å². The second-order valence-corrected chi connectivity index (χ2v) is 6.31. The van der Waals surface area contributed by atoms with E-state index < -0.39 is 0 Å². The van der Waals surface area contributed by atoms with E-state index in [0.717, 1.165) is 34.7 Å². The van der Waals surface area contributed by atoms with Crippen LogP contribution < -0.4 is 4.74 Å². The minimum Gasteiger partial charge on any atom is -0.491 e. The van der Waals surface area contributed by atoms with Crippen LogP contribution in [0.4, 0.5) is 0 Å². The predicted octanol–water partition coefficient (Wildman–Crippen LogP) is 4.50. The molecular formula is C22H22N2O. The maximum Gasteiger partial charge on any atom is 0.122 e. The SMILES string of the molecule is Cc1cc(C#Cc2ccc(Cc3ncc[nH]3)cc2)ccc1OC(C)C. The van der Waals surface area contributed by atoms with Crippen molar-refractivity contribution >= 4 is 0 Å². The number of ether oxygens (including phenoxy) is 1. The van der Waals surface area contributed by atoms with Crippen LogP contribution in [0.3, 0.4) is 0 Å². The topological polar surface area (TPSA) is 37.9 Å². The number of nitrogens with zero attached hydrogens (tertiary/aromatic N) is 1. The fourth-order valence-corrected chi connectivity index (χ4v) is 2.55. The summed E-state index contributed by atoms with van der Waals surface area (Å²) in [6.07, 6.45) is 4.59. The monoisotopic (exact) mass is 330 g/mol. The lowest BCUT2D eigenvalue weighted by molar-refractivity contribution is 0.241. The Bertz CT molecular complexity index is 882. The number of rotatable bonds is 4. The van der Waals surface area contributed by atoms with Gasteiger partial charge in [-0.15, -0.1) is 0 Å². The lowest BCUT2D eigenvalue weighted by Crippen LogP contribution is -2.06. The van der Waals surface area contributed by atoms with Gasteiger partial charge in [0.1, 0.15) is 11.6 Å². The number of hydrogen-bond acceptors (Lipinski definition) is 2. The molecule has 0 saturated heterocycles. The first-order valence-electron chi connectivity index (χ1n) is 8.46. The van der Waals surface area contributed by atoms with Gasteiger partial charge in [0.05, 0.1) is 6.10 Å². The average Bonchev–Trinajstić information content (AvgIpc) is 3.09. The Labute approximate surface area is 149 Å². The van der Waals surface area contributed by atoms with E-state index in [2.05, 4.69) is 40.0 Å². The molecule has 0 fully saturated rings. The number of aryl methyl sites for hydroxylation is 1. The van der Waals surface area contributed by atoms with E-state index in [1.807, 2.05) is 51.2 Å². The number of aromatic amines is 1. The summed E-state index contributed by atoms with van der Waals surface area (Å²) in [6, 6.07) is 14.3. The van der Waals surface area contributed by atoms with Crippen LogP contribution in [0.2, 0.25) is 0 Å². The third kappa shape index (κ3) is 4.74. The summed E-state index contributed by atoms with van der Waals surface area (Å²) >= 11 is 0. The Morgan fingerprint density at radius 1 is 1.04 bits per heavy atom. The van der Waals surface area contributed by atoms with E-state index in [1.54, 1.807) is 6.20 Å². The second-order valence-electron chi connectivity index (χ2n) is 6.31. The molecule has 126 valence electrons. The summed E-state index contributed by atoms with van der Waals surface area (Å²) < 4.78 is 5.76. The van der Waals surface area contributed by atoms with Crippen molar-refractivity contribution in [2.75, 3.05) is 0 Å². The molecule has 0 aliphatic rings. The van der Waals surface area contributed by atoms with Crippen LogP contribution in [-0.4, -0.2) is 16.1 Å². The molecule has 1 N–H and O–H groups in total. The summed E-state index contributed by atoms with van der Waals surface area (Å²) in [5, 5.41) is 0. The summed E-state index contributed by atoms with van der Waals surface area (Å²) in [7, 11) is 0. The van der Waals surface area contributed by atoms with Gasteiger partial charge in [-0.25, -0.2) is 4.98 Å². The van der Waals surface area contributed by atoms with Gasteiger partial charge in [0, 0.05) is 29.9 Å². The third-order valence-electron chi connectivity index (χ3n) is 3.77. The molecule has 25 heavy (non-hydrogen) atoms. The molecule has 0 aliphatic carbocycles. The van der Waals surface area contributed by atoms with Gasteiger partial charge in [-0.3, -0.25) is 0 Å². The zero-order valence-electron chi connectivity index (χ0n) is 14.8. The molecular weight excluding hydrogens is 308 g/mol. The highest BCUT2D eigenvalue weighted by Gasteiger charge is 2.02. The van der Waals surface area contributed by atoms with E-state index in [-0.39, 0.29) is 6.10 Å². The van der Waals surface area contributed by atoms with Crippen molar-refractivity contribution < 1.29 is 4.74 Å². The fraction of sp³-hybridized carbons (Fsp3) is 0.227. The molecule has 3 rings (SSSR count). The molecule has 0 spiro atoms. The molecule has 0 amide bonds. The van der Waals surface area contributed by atoms with Crippen LogP contribution >= 0.6 is 0 Å². The van der Waals surface area contributed by atoms with E-state index in [4.69, 9.17) is 4.74 Å². The largest absolute Gasteiger partial charge is 0.491 e. The van der Waals surface area contributed by atoms with Gasteiger partial charge >= 0.3 is 0 Å². The second kappa shape index (κ2) is 7.72. The maximum atomic E-state index is 5.76. The number of nitrogens with one attached hydrogen (secondary N) is 1. The number of aromatic nitrogens is 2. The van der Waals surface area contributed by atoms with Crippen molar-refractivity contribution in [2.45, 2.75) is 33.3 Å². The van der Waals surface area contributed by atoms with Crippen molar-refractivity contribution in [2.24, 2.45) is 0 Å². The number of H-pyrrole nitrogens is 1. The predicted molar refractivity (Wildman–Crippen MR) is 101 cm³/mol. The lowest BCUT2D eigenvalue weighted by atomic mass is 10.1. The zero-order valence-corrected chi connectivity index (χ0v) is 14.8. The number of imidazole rings is 1. The Morgan fingerprint density at radius 2 is 1.76 bits per heavy atom. The van der Waals surface area contributed by atoms with Crippen molar-refractivity contribution in [3.8, 4) is 17.6 Å². The van der Waals surface area contributed by atoms with Crippen LogP contribution in [-0.2, 0) is 6.42 Å². The quantitative estimate of drug-likeness (QED) is 0.716. The Kier molecular flexibility index (Phi) is 5.20. The minimum atomic E-state index is 0.176. The van der Waals surface area contributed by atoms with Gasteiger partial charge < -0.3 is 9.72 Å². The minimum absolute atomic E-state index is 0.176. The first-order chi connectivity index (χ1) is 12.1. The van der Waals surface area contributed by atoms with Crippen molar-refractivity contribution in [1.82, 2.24) is 9.97 Å². The summed E-state index contributed by atoms with van der Waals surface area (Å²) in [4.78, 5) is 7.37. The van der Waals surface area contributed by atoms with E-state index in [1.165, 1.54) is 5.56 Å². The molecule has 0 unspecified atom stereocenters. The van der Waals surface area contributed by atoms with Crippen LogP contribution in [0.15, 0.2) is 54.9 Å². The van der Waals surface area contributed by atoms with Crippen LogP contribution in [0, 0.1) is 18.8 Å². The molecule has 3 heteroatoms. The smallest absolute Gasteiger partial charge is 0.122 e. The maximum absolute atomic E-state index is 5.76. The summed E-state index contributed by atoms with van der Waals surface area (Å²) in [5.41, 5.74) is 4.32. The number of benzene rings is 2. The third-order valence-corrected chi connectivity index (χ3v) is 3.77. The molecule has 0 saturated carbocycles. The highest BCUT2D eigenvalue weighted by atomic mass is 16.5. The van der Waals surface area contributed by atoms with Gasteiger partial charge in [-0.05, 0) is 62.2 Å². The molecule has 1 heterocycles. The molecule has 0 atom stereocenters. The average molecular weight is 330 g/mol. The Balaban J connectivity index is 1.69. The molecule has 0 radical (unpaired) electrons. The molecule has 1 aromatic heterocycles. The summed E-state index contributed by atoms with van der Waals surface area (Å²) in [5.74, 6) is 8.33. The van der Waals surface area contributed by atoms with Gasteiger partial charge in [0.15, 0.2) is 0 Å².